The molecule has 1 heterocycles. The van der Waals surface area contributed by atoms with Crippen LogP contribution in [0.1, 0.15) is 77.0 Å². The summed E-state index contributed by atoms with van der Waals surface area (Å²) in [6, 6.07) is 0. The number of hydrogen-bond acceptors (Lipinski definition) is 1. The number of carbonyl (C=O) groups excluding carboxylic acids is 1. The van der Waals surface area contributed by atoms with E-state index >= 15 is 0 Å². The molecule has 0 atom stereocenters. The molecule has 0 aliphatic carbocycles. The van der Waals surface area contributed by atoms with Crippen LogP contribution >= 0.6 is 23.2 Å². The fourth-order valence-corrected chi connectivity index (χ4v) is 2.91. The molecule has 19 heavy (non-hydrogen) atoms. The van der Waals surface area contributed by atoms with Gasteiger partial charge in [-0.15, -0.1) is 0 Å². The van der Waals surface area contributed by atoms with Crippen LogP contribution in [0.2, 0.25) is 0 Å². The summed E-state index contributed by atoms with van der Waals surface area (Å²) < 4.78 is -1.24. The van der Waals surface area contributed by atoms with E-state index < -0.39 is 4.33 Å². The van der Waals surface area contributed by atoms with Crippen LogP contribution in [0.3, 0.4) is 0 Å². The van der Waals surface area contributed by atoms with Crippen LogP contribution < -0.4 is 5.32 Å². The third-order valence-corrected chi connectivity index (χ3v) is 4.51. The van der Waals surface area contributed by atoms with Gasteiger partial charge in [0.25, 0.3) is 5.91 Å². The van der Waals surface area contributed by atoms with E-state index in [1.165, 1.54) is 51.4 Å². The molecule has 1 rings (SSSR count). The standard InChI is InChI=1S/C15H27Cl2NO/c16-15(17)12-10-8-6-4-2-1-3-5-7-9-11-13-18-14(15)19/h1-13H2,(H,18,19). The summed E-state index contributed by atoms with van der Waals surface area (Å²) in [5, 5.41) is 2.85. The summed E-state index contributed by atoms with van der Waals surface area (Å²) in [6.07, 6.45) is 14.0. The summed E-state index contributed by atoms with van der Waals surface area (Å²) in [4.78, 5) is 11.9. The van der Waals surface area contributed by atoms with E-state index in [9.17, 15) is 4.79 Å². The molecule has 4 heteroatoms. The first-order chi connectivity index (χ1) is 9.13. The Morgan fingerprint density at radius 3 is 1.68 bits per heavy atom. The van der Waals surface area contributed by atoms with Gasteiger partial charge < -0.3 is 5.32 Å². The molecule has 1 N–H and O–H groups in total. The Labute approximate surface area is 127 Å². The molecule has 0 aromatic heterocycles. The average Bonchev–Trinajstić information content (AvgIpc) is 2.37. The van der Waals surface area contributed by atoms with Gasteiger partial charge in [-0.05, 0) is 19.3 Å². The molecular weight excluding hydrogens is 281 g/mol. The first kappa shape index (κ1) is 17.1. The van der Waals surface area contributed by atoms with Crippen molar-refractivity contribution in [1.82, 2.24) is 5.32 Å². The van der Waals surface area contributed by atoms with Crippen LogP contribution in [0.5, 0.6) is 0 Å². The number of alkyl halides is 2. The zero-order valence-corrected chi connectivity index (χ0v) is 13.4. The van der Waals surface area contributed by atoms with Crippen molar-refractivity contribution in [1.29, 1.82) is 0 Å². The maximum absolute atomic E-state index is 11.9. The topological polar surface area (TPSA) is 29.1 Å². The molecule has 0 bridgehead atoms. The second kappa shape index (κ2) is 9.88. The lowest BCUT2D eigenvalue weighted by atomic mass is 10.0. The lowest BCUT2D eigenvalue weighted by Crippen LogP contribution is -2.38. The summed E-state index contributed by atoms with van der Waals surface area (Å²) >= 11 is 12.2. The second-order valence-corrected chi connectivity index (χ2v) is 7.08. The highest BCUT2D eigenvalue weighted by Gasteiger charge is 2.32. The predicted octanol–water partition coefficient (Wildman–Crippen LogP) is 4.97. The summed E-state index contributed by atoms with van der Waals surface area (Å²) in [5.41, 5.74) is 0. The molecule has 0 radical (unpaired) electrons. The maximum Gasteiger partial charge on any atom is 0.256 e. The first-order valence-corrected chi connectivity index (χ1v) is 8.55. The fraction of sp³-hybridized carbons (Fsp3) is 0.933. The largest absolute Gasteiger partial charge is 0.353 e. The molecular formula is C15H27Cl2NO. The van der Waals surface area contributed by atoms with Crippen molar-refractivity contribution in [2.75, 3.05) is 6.54 Å². The van der Waals surface area contributed by atoms with Gasteiger partial charge in [-0.3, -0.25) is 4.79 Å². The van der Waals surface area contributed by atoms with Gasteiger partial charge in [0.15, 0.2) is 4.33 Å². The Balaban J connectivity index is 2.33. The van der Waals surface area contributed by atoms with Crippen molar-refractivity contribution in [2.24, 2.45) is 0 Å². The molecule has 112 valence electrons. The number of carbonyl (C=O) groups is 1. The van der Waals surface area contributed by atoms with Crippen LogP contribution in [-0.4, -0.2) is 16.8 Å². The van der Waals surface area contributed by atoms with Crippen molar-refractivity contribution < 1.29 is 4.79 Å². The van der Waals surface area contributed by atoms with Crippen molar-refractivity contribution in [3.8, 4) is 0 Å². The van der Waals surface area contributed by atoms with E-state index in [0.29, 0.717) is 13.0 Å². The highest BCUT2D eigenvalue weighted by Crippen LogP contribution is 2.28. The van der Waals surface area contributed by atoms with Gasteiger partial charge in [0.2, 0.25) is 0 Å². The smallest absolute Gasteiger partial charge is 0.256 e. The fourth-order valence-electron chi connectivity index (χ4n) is 2.51. The Morgan fingerprint density at radius 2 is 1.16 bits per heavy atom. The SMILES string of the molecule is O=C1NCCCCCCCCCCCCCC1(Cl)Cl. The predicted molar refractivity (Wildman–Crippen MR) is 82.9 cm³/mol. The van der Waals surface area contributed by atoms with Crippen molar-refractivity contribution in [2.45, 2.75) is 81.4 Å². The van der Waals surface area contributed by atoms with Crippen LogP contribution in [0.25, 0.3) is 0 Å². The van der Waals surface area contributed by atoms with Gasteiger partial charge in [-0.2, -0.15) is 0 Å². The molecule has 0 spiro atoms. The van der Waals surface area contributed by atoms with E-state index in [2.05, 4.69) is 5.32 Å². The molecule has 1 saturated heterocycles. The molecule has 1 aliphatic heterocycles. The minimum absolute atomic E-state index is 0.220. The number of rotatable bonds is 0. The lowest BCUT2D eigenvalue weighted by Gasteiger charge is -2.19. The minimum atomic E-state index is -1.24. The zero-order chi connectivity index (χ0) is 14.0. The van der Waals surface area contributed by atoms with E-state index in [4.69, 9.17) is 23.2 Å². The van der Waals surface area contributed by atoms with E-state index in [0.717, 1.165) is 19.3 Å². The molecule has 1 amide bonds. The molecule has 0 saturated carbocycles. The van der Waals surface area contributed by atoms with Crippen LogP contribution in [0.4, 0.5) is 0 Å². The molecule has 0 aromatic rings. The maximum atomic E-state index is 11.9. The molecule has 1 aliphatic rings. The van der Waals surface area contributed by atoms with Gasteiger partial charge in [0, 0.05) is 6.54 Å². The number of nitrogens with one attached hydrogen (secondary N) is 1. The normalized spacial score (nSPS) is 24.6. The second-order valence-electron chi connectivity index (χ2n) is 5.60. The monoisotopic (exact) mass is 307 g/mol. The van der Waals surface area contributed by atoms with E-state index in [-0.39, 0.29) is 5.91 Å². The third-order valence-electron chi connectivity index (χ3n) is 3.79. The number of hydrogen-bond donors (Lipinski definition) is 1. The molecule has 0 unspecified atom stereocenters. The number of amides is 1. The third kappa shape index (κ3) is 8.04. The van der Waals surface area contributed by atoms with Gasteiger partial charge in [0.1, 0.15) is 0 Å². The van der Waals surface area contributed by atoms with Gasteiger partial charge in [-0.25, -0.2) is 0 Å². The van der Waals surface area contributed by atoms with Gasteiger partial charge in [0.05, 0.1) is 0 Å². The van der Waals surface area contributed by atoms with E-state index in [1.54, 1.807) is 0 Å². The quantitative estimate of drug-likeness (QED) is 0.629. The Morgan fingerprint density at radius 1 is 0.737 bits per heavy atom. The summed E-state index contributed by atoms with van der Waals surface area (Å²) in [7, 11) is 0. The van der Waals surface area contributed by atoms with Crippen LogP contribution in [-0.2, 0) is 4.79 Å². The van der Waals surface area contributed by atoms with Crippen LogP contribution in [0, 0.1) is 0 Å². The van der Waals surface area contributed by atoms with Crippen LogP contribution in [0.15, 0.2) is 0 Å². The Bertz CT molecular complexity index is 257. The highest BCUT2D eigenvalue weighted by molar-refractivity contribution is 6.58. The van der Waals surface area contributed by atoms with Crippen molar-refractivity contribution in [3.63, 3.8) is 0 Å². The lowest BCUT2D eigenvalue weighted by molar-refractivity contribution is -0.121. The van der Waals surface area contributed by atoms with Gasteiger partial charge >= 0.3 is 0 Å². The zero-order valence-electron chi connectivity index (χ0n) is 11.9. The highest BCUT2D eigenvalue weighted by atomic mass is 35.5. The van der Waals surface area contributed by atoms with Crippen molar-refractivity contribution in [3.05, 3.63) is 0 Å². The Kier molecular flexibility index (Phi) is 8.89. The molecule has 0 aromatic carbocycles. The summed E-state index contributed by atoms with van der Waals surface area (Å²) in [6.45, 7) is 0.694. The first-order valence-electron chi connectivity index (χ1n) is 7.79. The molecule has 2 nitrogen and oxygen atoms in total. The minimum Gasteiger partial charge on any atom is -0.353 e. The number of halogens is 2. The Hall–Kier alpha value is 0.0500. The van der Waals surface area contributed by atoms with E-state index in [1.807, 2.05) is 0 Å². The van der Waals surface area contributed by atoms with Gasteiger partial charge in [-0.1, -0.05) is 81.0 Å². The average molecular weight is 308 g/mol. The summed E-state index contributed by atoms with van der Waals surface area (Å²) in [5.74, 6) is -0.220. The van der Waals surface area contributed by atoms with Crippen molar-refractivity contribution >= 4 is 29.1 Å². The molecule has 1 fully saturated rings.